The SMILES string of the molecule is Cl.Cl.NCC(CN)c1ccccc1. The van der Waals surface area contributed by atoms with Gasteiger partial charge < -0.3 is 11.5 Å². The Morgan fingerprint density at radius 2 is 1.38 bits per heavy atom. The molecule has 0 fully saturated rings. The molecule has 0 aliphatic heterocycles. The highest BCUT2D eigenvalue weighted by Gasteiger charge is 2.04. The number of halogens is 2. The lowest BCUT2D eigenvalue weighted by atomic mass is 10.00. The molecule has 1 aromatic rings. The van der Waals surface area contributed by atoms with Crippen LogP contribution < -0.4 is 11.5 Å². The van der Waals surface area contributed by atoms with E-state index < -0.39 is 0 Å². The molecule has 76 valence electrons. The number of hydrogen-bond donors (Lipinski definition) is 2. The second-order valence-electron chi connectivity index (χ2n) is 2.58. The van der Waals surface area contributed by atoms with Crippen LogP contribution in [0.4, 0.5) is 0 Å². The molecule has 0 saturated carbocycles. The zero-order chi connectivity index (χ0) is 8.10. The third-order valence-electron chi connectivity index (χ3n) is 1.84. The Kier molecular flexibility index (Phi) is 9.74. The van der Waals surface area contributed by atoms with Gasteiger partial charge in [-0.05, 0) is 5.56 Å². The highest BCUT2D eigenvalue weighted by molar-refractivity contribution is 5.85. The van der Waals surface area contributed by atoms with Gasteiger partial charge in [0.05, 0.1) is 0 Å². The van der Waals surface area contributed by atoms with E-state index in [4.69, 9.17) is 11.5 Å². The summed E-state index contributed by atoms with van der Waals surface area (Å²) in [5.41, 5.74) is 12.3. The van der Waals surface area contributed by atoms with Gasteiger partial charge in [-0.15, -0.1) is 24.8 Å². The Morgan fingerprint density at radius 3 is 1.77 bits per heavy atom. The second kappa shape index (κ2) is 8.32. The van der Waals surface area contributed by atoms with E-state index in [9.17, 15) is 0 Å². The van der Waals surface area contributed by atoms with Crippen LogP contribution in [0.5, 0.6) is 0 Å². The molecule has 0 aromatic heterocycles. The summed E-state index contributed by atoms with van der Waals surface area (Å²) in [5, 5.41) is 0. The van der Waals surface area contributed by atoms with Crippen LogP contribution in [0.15, 0.2) is 30.3 Å². The molecule has 0 spiro atoms. The maximum atomic E-state index is 5.54. The third-order valence-corrected chi connectivity index (χ3v) is 1.84. The topological polar surface area (TPSA) is 52.0 Å². The summed E-state index contributed by atoms with van der Waals surface area (Å²) in [6.45, 7) is 1.25. The first-order valence-corrected chi connectivity index (χ1v) is 3.83. The van der Waals surface area contributed by atoms with Gasteiger partial charge in [0, 0.05) is 19.0 Å². The minimum atomic E-state index is 0. The van der Waals surface area contributed by atoms with Crippen LogP contribution >= 0.6 is 24.8 Å². The van der Waals surface area contributed by atoms with E-state index >= 15 is 0 Å². The van der Waals surface area contributed by atoms with Gasteiger partial charge in [-0.25, -0.2) is 0 Å². The average Bonchev–Trinajstić information content (AvgIpc) is 2.09. The van der Waals surface area contributed by atoms with Gasteiger partial charge in [0.25, 0.3) is 0 Å². The third kappa shape index (κ3) is 4.48. The lowest BCUT2D eigenvalue weighted by Crippen LogP contribution is -2.20. The zero-order valence-corrected chi connectivity index (χ0v) is 8.98. The second-order valence-corrected chi connectivity index (χ2v) is 2.58. The van der Waals surface area contributed by atoms with Crippen LogP contribution in [0, 0.1) is 0 Å². The molecule has 0 amide bonds. The van der Waals surface area contributed by atoms with Gasteiger partial charge in [-0.3, -0.25) is 0 Å². The van der Waals surface area contributed by atoms with E-state index in [1.54, 1.807) is 0 Å². The van der Waals surface area contributed by atoms with Crippen molar-refractivity contribution in [3.8, 4) is 0 Å². The molecular weight excluding hydrogens is 207 g/mol. The summed E-state index contributed by atoms with van der Waals surface area (Å²) < 4.78 is 0. The molecule has 0 radical (unpaired) electrons. The Balaban J connectivity index is 0. The summed E-state index contributed by atoms with van der Waals surface area (Å²) in [7, 11) is 0. The van der Waals surface area contributed by atoms with E-state index in [-0.39, 0.29) is 24.8 Å². The molecular formula is C9H16Cl2N2. The maximum absolute atomic E-state index is 5.54. The molecule has 0 aliphatic rings. The fourth-order valence-corrected chi connectivity index (χ4v) is 1.09. The Bertz CT molecular complexity index is 200. The van der Waals surface area contributed by atoms with Gasteiger partial charge in [0.1, 0.15) is 0 Å². The number of rotatable bonds is 3. The summed E-state index contributed by atoms with van der Waals surface area (Å²) in [5.74, 6) is 0.316. The lowest BCUT2D eigenvalue weighted by molar-refractivity contribution is 0.708. The zero-order valence-electron chi connectivity index (χ0n) is 7.35. The van der Waals surface area contributed by atoms with E-state index in [1.165, 1.54) is 5.56 Å². The molecule has 4 N–H and O–H groups in total. The van der Waals surface area contributed by atoms with Crippen LogP contribution in [-0.4, -0.2) is 13.1 Å². The Hall–Kier alpha value is -0.280. The molecule has 13 heavy (non-hydrogen) atoms. The van der Waals surface area contributed by atoms with E-state index in [1.807, 2.05) is 18.2 Å². The van der Waals surface area contributed by atoms with Crippen molar-refractivity contribution in [2.75, 3.05) is 13.1 Å². The normalized spacial score (nSPS) is 8.85. The molecule has 0 bridgehead atoms. The molecule has 0 saturated heterocycles. The highest BCUT2D eigenvalue weighted by Crippen LogP contribution is 2.11. The van der Waals surface area contributed by atoms with Crippen molar-refractivity contribution in [3.05, 3.63) is 35.9 Å². The first kappa shape index (κ1) is 15.2. The Morgan fingerprint density at radius 1 is 0.923 bits per heavy atom. The Labute approximate surface area is 91.5 Å². The summed E-state index contributed by atoms with van der Waals surface area (Å²) in [6, 6.07) is 10.1. The number of benzene rings is 1. The van der Waals surface area contributed by atoms with E-state index in [0.29, 0.717) is 19.0 Å². The van der Waals surface area contributed by atoms with E-state index in [0.717, 1.165) is 0 Å². The van der Waals surface area contributed by atoms with Gasteiger partial charge in [0.15, 0.2) is 0 Å². The van der Waals surface area contributed by atoms with Gasteiger partial charge >= 0.3 is 0 Å². The molecule has 0 heterocycles. The van der Waals surface area contributed by atoms with Crippen molar-refractivity contribution in [1.82, 2.24) is 0 Å². The van der Waals surface area contributed by atoms with Crippen LogP contribution in [0.2, 0.25) is 0 Å². The maximum Gasteiger partial charge on any atom is 0.00841 e. The summed E-state index contributed by atoms with van der Waals surface area (Å²) in [6.07, 6.45) is 0. The molecule has 4 heteroatoms. The quantitative estimate of drug-likeness (QED) is 0.816. The number of nitrogens with two attached hydrogens (primary N) is 2. The molecule has 0 aliphatic carbocycles. The summed E-state index contributed by atoms with van der Waals surface area (Å²) in [4.78, 5) is 0. The molecule has 0 atom stereocenters. The van der Waals surface area contributed by atoms with Crippen LogP contribution in [0.3, 0.4) is 0 Å². The fraction of sp³-hybridized carbons (Fsp3) is 0.333. The van der Waals surface area contributed by atoms with Crippen LogP contribution in [-0.2, 0) is 0 Å². The predicted octanol–water partition coefficient (Wildman–Crippen LogP) is 1.53. The monoisotopic (exact) mass is 222 g/mol. The van der Waals surface area contributed by atoms with Gasteiger partial charge in [-0.2, -0.15) is 0 Å². The van der Waals surface area contributed by atoms with Gasteiger partial charge in [0.2, 0.25) is 0 Å². The minimum absolute atomic E-state index is 0. The summed E-state index contributed by atoms with van der Waals surface area (Å²) >= 11 is 0. The van der Waals surface area contributed by atoms with Crippen molar-refractivity contribution in [2.24, 2.45) is 11.5 Å². The average molecular weight is 223 g/mol. The van der Waals surface area contributed by atoms with Gasteiger partial charge in [-0.1, -0.05) is 30.3 Å². The minimum Gasteiger partial charge on any atom is -0.330 e. The van der Waals surface area contributed by atoms with Crippen LogP contribution in [0.1, 0.15) is 11.5 Å². The molecule has 2 nitrogen and oxygen atoms in total. The first-order valence-electron chi connectivity index (χ1n) is 3.83. The van der Waals surface area contributed by atoms with Crippen molar-refractivity contribution in [3.63, 3.8) is 0 Å². The van der Waals surface area contributed by atoms with Crippen molar-refractivity contribution < 1.29 is 0 Å². The molecule has 0 unspecified atom stereocenters. The molecule has 1 rings (SSSR count). The molecule has 1 aromatic carbocycles. The fourth-order valence-electron chi connectivity index (χ4n) is 1.09. The smallest absolute Gasteiger partial charge is 0.00841 e. The lowest BCUT2D eigenvalue weighted by Gasteiger charge is -2.11. The first-order chi connectivity index (χ1) is 5.38. The van der Waals surface area contributed by atoms with Crippen LogP contribution in [0.25, 0.3) is 0 Å². The van der Waals surface area contributed by atoms with Crippen molar-refractivity contribution >= 4 is 24.8 Å². The van der Waals surface area contributed by atoms with E-state index in [2.05, 4.69) is 12.1 Å². The standard InChI is InChI=1S/C9H14N2.2ClH/c10-6-9(7-11)8-4-2-1-3-5-8;;/h1-5,9H,6-7,10-11H2;2*1H. The van der Waals surface area contributed by atoms with Crippen molar-refractivity contribution in [2.45, 2.75) is 5.92 Å². The highest BCUT2D eigenvalue weighted by atomic mass is 35.5. The predicted molar refractivity (Wildman–Crippen MR) is 61.8 cm³/mol. The number of hydrogen-bond acceptors (Lipinski definition) is 2. The van der Waals surface area contributed by atoms with Crippen molar-refractivity contribution in [1.29, 1.82) is 0 Å². The largest absolute Gasteiger partial charge is 0.330 e.